The second-order valence-electron chi connectivity index (χ2n) is 6.47. The van der Waals surface area contributed by atoms with Crippen LogP contribution in [0.2, 0.25) is 5.02 Å². The number of rotatable bonds is 4. The molecular formula is C19H18ClN3O2S2. The summed E-state index contributed by atoms with van der Waals surface area (Å²) in [7, 11) is 1.72. The van der Waals surface area contributed by atoms with E-state index < -0.39 is 0 Å². The lowest BCUT2D eigenvalue weighted by Gasteiger charge is -2.11. The molecule has 0 fully saturated rings. The number of carbonyl (C=O) groups excluding carboxylic acids is 1. The van der Waals surface area contributed by atoms with Gasteiger partial charge in [0, 0.05) is 11.9 Å². The molecule has 0 saturated carbocycles. The Kier molecular flexibility index (Phi) is 5.25. The number of aromatic nitrogens is 2. The second-order valence-corrected chi connectivity index (χ2v) is 8.90. The minimum absolute atomic E-state index is 0.0200. The molecule has 1 aliphatic carbocycles. The number of aryl methyl sites for hydroxylation is 2. The topological polar surface area (TPSA) is 64.0 Å². The highest BCUT2D eigenvalue weighted by molar-refractivity contribution is 7.99. The number of carbonyl (C=O) groups is 1. The van der Waals surface area contributed by atoms with Crippen LogP contribution >= 0.6 is 34.7 Å². The number of benzene rings is 1. The lowest BCUT2D eigenvalue weighted by molar-refractivity contribution is -0.113. The molecular weight excluding hydrogens is 402 g/mol. The molecule has 0 spiro atoms. The van der Waals surface area contributed by atoms with Crippen LogP contribution in [0.15, 0.2) is 34.2 Å². The zero-order valence-electron chi connectivity index (χ0n) is 14.8. The molecule has 140 valence electrons. The number of halogens is 1. The van der Waals surface area contributed by atoms with Crippen LogP contribution in [0, 0.1) is 0 Å². The van der Waals surface area contributed by atoms with Crippen molar-refractivity contribution in [1.29, 1.82) is 0 Å². The summed E-state index contributed by atoms with van der Waals surface area (Å²) in [5.74, 6) is -0.0323. The van der Waals surface area contributed by atoms with E-state index in [0.29, 0.717) is 15.9 Å². The van der Waals surface area contributed by atoms with Gasteiger partial charge in [-0.15, -0.1) is 11.3 Å². The summed E-state index contributed by atoms with van der Waals surface area (Å²) in [6, 6.07) is 7.10. The van der Waals surface area contributed by atoms with Crippen LogP contribution in [-0.4, -0.2) is 21.2 Å². The van der Waals surface area contributed by atoms with Crippen LogP contribution < -0.4 is 10.9 Å². The highest BCUT2D eigenvalue weighted by Crippen LogP contribution is 2.34. The summed E-state index contributed by atoms with van der Waals surface area (Å²) in [6.45, 7) is 0. The molecule has 27 heavy (non-hydrogen) atoms. The lowest BCUT2D eigenvalue weighted by Crippen LogP contribution is -2.22. The number of amides is 1. The summed E-state index contributed by atoms with van der Waals surface area (Å²) >= 11 is 8.95. The lowest BCUT2D eigenvalue weighted by atomic mass is 9.97. The van der Waals surface area contributed by atoms with E-state index in [1.165, 1.54) is 28.6 Å². The molecule has 0 unspecified atom stereocenters. The van der Waals surface area contributed by atoms with Crippen molar-refractivity contribution < 1.29 is 4.79 Å². The van der Waals surface area contributed by atoms with E-state index in [9.17, 15) is 9.59 Å². The van der Waals surface area contributed by atoms with Gasteiger partial charge in [0.1, 0.15) is 4.83 Å². The number of hydrogen-bond acceptors (Lipinski definition) is 5. The summed E-state index contributed by atoms with van der Waals surface area (Å²) in [5.41, 5.74) is 1.74. The molecule has 2 aromatic heterocycles. The summed E-state index contributed by atoms with van der Waals surface area (Å²) in [4.78, 5) is 31.9. The maximum atomic E-state index is 12.9. The van der Waals surface area contributed by atoms with E-state index in [1.807, 2.05) is 12.1 Å². The van der Waals surface area contributed by atoms with E-state index in [1.54, 1.807) is 35.1 Å². The van der Waals surface area contributed by atoms with Gasteiger partial charge in [-0.25, -0.2) is 4.98 Å². The van der Waals surface area contributed by atoms with Gasteiger partial charge in [-0.05, 0) is 43.4 Å². The minimum Gasteiger partial charge on any atom is -0.324 e. The number of fused-ring (bicyclic) bond motifs is 3. The molecule has 8 heteroatoms. The Morgan fingerprint density at radius 1 is 1.33 bits per heavy atom. The Labute approximate surface area is 169 Å². The highest BCUT2D eigenvalue weighted by Gasteiger charge is 2.21. The average molecular weight is 420 g/mol. The fourth-order valence-electron chi connectivity index (χ4n) is 3.28. The smallest absolute Gasteiger partial charge is 0.262 e. The monoisotopic (exact) mass is 419 g/mol. The van der Waals surface area contributed by atoms with E-state index in [0.717, 1.165) is 29.5 Å². The third kappa shape index (κ3) is 3.63. The molecule has 0 bridgehead atoms. The number of hydrogen-bond donors (Lipinski definition) is 1. The van der Waals surface area contributed by atoms with Gasteiger partial charge in [0.25, 0.3) is 5.56 Å². The van der Waals surface area contributed by atoms with Crippen LogP contribution in [0.4, 0.5) is 5.69 Å². The Balaban J connectivity index is 1.55. The first-order chi connectivity index (χ1) is 13.0. The zero-order chi connectivity index (χ0) is 19.0. The minimum atomic E-state index is -0.187. The molecule has 2 heterocycles. The fourth-order valence-corrected chi connectivity index (χ4v) is 5.53. The van der Waals surface area contributed by atoms with E-state index in [-0.39, 0.29) is 17.2 Å². The molecule has 0 atom stereocenters. The van der Waals surface area contributed by atoms with Gasteiger partial charge in [-0.1, -0.05) is 35.5 Å². The molecule has 1 amide bonds. The van der Waals surface area contributed by atoms with E-state index >= 15 is 0 Å². The molecule has 1 aromatic carbocycles. The maximum absolute atomic E-state index is 12.9. The molecule has 0 radical (unpaired) electrons. The van der Waals surface area contributed by atoms with Crippen molar-refractivity contribution in [2.24, 2.45) is 7.05 Å². The van der Waals surface area contributed by atoms with Crippen molar-refractivity contribution in [1.82, 2.24) is 9.55 Å². The summed E-state index contributed by atoms with van der Waals surface area (Å²) in [5, 5.41) is 4.60. The Hall–Kier alpha value is -1.83. The third-order valence-electron chi connectivity index (χ3n) is 4.64. The van der Waals surface area contributed by atoms with Gasteiger partial charge in [-0.2, -0.15) is 0 Å². The Morgan fingerprint density at radius 2 is 2.11 bits per heavy atom. The summed E-state index contributed by atoms with van der Waals surface area (Å²) in [6.07, 6.45) is 4.28. The SMILES string of the molecule is Cn1c(SCC(=O)Nc2ccccc2Cl)nc2sc3c(c2c1=O)CCCC3. The van der Waals surface area contributed by atoms with Crippen molar-refractivity contribution in [3.63, 3.8) is 0 Å². The number of nitrogens with one attached hydrogen (secondary N) is 1. The molecule has 1 aliphatic rings. The maximum Gasteiger partial charge on any atom is 0.262 e. The van der Waals surface area contributed by atoms with Gasteiger partial charge in [0.05, 0.1) is 21.8 Å². The number of thiophene rings is 1. The van der Waals surface area contributed by atoms with Crippen LogP contribution in [0.25, 0.3) is 10.2 Å². The number of thioether (sulfide) groups is 1. The Bertz CT molecular complexity index is 1090. The van der Waals surface area contributed by atoms with Gasteiger partial charge in [0.15, 0.2) is 5.16 Å². The summed E-state index contributed by atoms with van der Waals surface area (Å²) < 4.78 is 1.55. The van der Waals surface area contributed by atoms with E-state index in [2.05, 4.69) is 10.3 Å². The van der Waals surface area contributed by atoms with Crippen molar-refractivity contribution in [3.05, 3.63) is 50.1 Å². The van der Waals surface area contributed by atoms with Gasteiger partial charge >= 0.3 is 0 Å². The first kappa shape index (κ1) is 18.5. The van der Waals surface area contributed by atoms with Crippen LogP contribution in [0.5, 0.6) is 0 Å². The predicted molar refractivity (Wildman–Crippen MR) is 112 cm³/mol. The van der Waals surface area contributed by atoms with Crippen LogP contribution in [0.1, 0.15) is 23.3 Å². The predicted octanol–water partition coefficient (Wildman–Crippen LogP) is 4.26. The van der Waals surface area contributed by atoms with Gasteiger partial charge in [0.2, 0.25) is 5.91 Å². The number of para-hydroxylation sites is 1. The average Bonchev–Trinajstić information content (AvgIpc) is 3.04. The quantitative estimate of drug-likeness (QED) is 0.507. The fraction of sp³-hybridized carbons (Fsp3) is 0.316. The molecule has 0 saturated heterocycles. The zero-order valence-corrected chi connectivity index (χ0v) is 17.1. The van der Waals surface area contributed by atoms with Crippen LogP contribution in [-0.2, 0) is 24.7 Å². The molecule has 4 rings (SSSR count). The molecule has 1 N–H and O–H groups in total. The van der Waals surface area contributed by atoms with Crippen molar-refractivity contribution in [3.8, 4) is 0 Å². The number of nitrogens with zero attached hydrogens (tertiary/aromatic N) is 2. The van der Waals surface area contributed by atoms with Crippen molar-refractivity contribution >= 4 is 56.5 Å². The van der Waals surface area contributed by atoms with Gasteiger partial charge in [-0.3, -0.25) is 14.2 Å². The molecule has 3 aromatic rings. The highest BCUT2D eigenvalue weighted by atomic mass is 35.5. The largest absolute Gasteiger partial charge is 0.324 e. The van der Waals surface area contributed by atoms with E-state index in [4.69, 9.17) is 11.6 Å². The Morgan fingerprint density at radius 3 is 2.93 bits per heavy atom. The van der Waals surface area contributed by atoms with Gasteiger partial charge < -0.3 is 5.32 Å². The van der Waals surface area contributed by atoms with Crippen LogP contribution in [0.3, 0.4) is 0 Å². The standard InChI is InChI=1S/C19H18ClN3O2S2/c1-23-18(25)16-11-6-2-5-9-14(11)27-17(16)22-19(23)26-10-15(24)21-13-8-4-3-7-12(13)20/h3-4,7-8H,2,5-6,9-10H2,1H3,(H,21,24). The normalized spacial score (nSPS) is 13.6. The number of anilines is 1. The first-order valence-corrected chi connectivity index (χ1v) is 10.9. The molecule has 5 nitrogen and oxygen atoms in total. The van der Waals surface area contributed by atoms with Crippen molar-refractivity contribution in [2.45, 2.75) is 30.8 Å². The molecule has 0 aliphatic heterocycles. The second kappa shape index (κ2) is 7.66. The first-order valence-electron chi connectivity index (χ1n) is 8.73. The van der Waals surface area contributed by atoms with Crippen molar-refractivity contribution in [2.75, 3.05) is 11.1 Å². The third-order valence-corrected chi connectivity index (χ3v) is 7.18.